The molecule has 0 radical (unpaired) electrons. The van der Waals surface area contributed by atoms with Crippen LogP contribution in [-0.4, -0.2) is 36.2 Å². The van der Waals surface area contributed by atoms with Gasteiger partial charge in [-0.05, 0) is 49.9 Å². The van der Waals surface area contributed by atoms with Gasteiger partial charge in [-0.25, -0.2) is 14.6 Å². The number of hydrogen-bond donors (Lipinski definition) is 0. The number of benzene rings is 2. The average Bonchev–Trinajstić information content (AvgIpc) is 3.39. The second-order valence-electron chi connectivity index (χ2n) is 11.6. The minimum absolute atomic E-state index is 0.115. The quantitative estimate of drug-likeness (QED) is 0.391. The topological polar surface area (TPSA) is 101 Å². The summed E-state index contributed by atoms with van der Waals surface area (Å²) in [6, 6.07) is 14.6. The van der Waals surface area contributed by atoms with Crippen molar-refractivity contribution < 1.29 is 28.7 Å². The molecule has 3 aliphatic carbocycles. The van der Waals surface area contributed by atoms with Crippen LogP contribution in [-0.2, 0) is 41.6 Å². The van der Waals surface area contributed by atoms with Crippen molar-refractivity contribution in [1.29, 1.82) is 0 Å². The minimum atomic E-state index is -1.41. The molecule has 2 aromatic carbocycles. The molecule has 5 aliphatic rings. The smallest absolute Gasteiger partial charge is 0.334 e. The van der Waals surface area contributed by atoms with E-state index in [-0.39, 0.29) is 24.0 Å². The lowest BCUT2D eigenvalue weighted by atomic mass is 9.43. The summed E-state index contributed by atoms with van der Waals surface area (Å²) in [5.41, 5.74) is 2.12. The first-order chi connectivity index (χ1) is 19.6. The number of allylic oxidation sites excluding steroid dienone is 1. The fourth-order valence-corrected chi connectivity index (χ4v) is 8.34. The molecule has 41 heavy (non-hydrogen) atoms. The van der Waals surface area contributed by atoms with Crippen molar-refractivity contribution in [2.75, 3.05) is 16.4 Å². The van der Waals surface area contributed by atoms with Gasteiger partial charge in [0.2, 0.25) is 23.6 Å². The summed E-state index contributed by atoms with van der Waals surface area (Å²) in [6.45, 7) is 9.19. The average molecular weight is 555 g/mol. The second kappa shape index (κ2) is 9.50. The van der Waals surface area contributed by atoms with Crippen LogP contribution < -0.4 is 9.80 Å². The maximum absolute atomic E-state index is 14.4. The molecule has 2 saturated heterocycles. The summed E-state index contributed by atoms with van der Waals surface area (Å²) in [6.07, 6.45) is 1.23. The predicted molar refractivity (Wildman–Crippen MR) is 152 cm³/mol. The summed E-state index contributed by atoms with van der Waals surface area (Å²) in [7, 11) is 0. The molecule has 2 bridgehead atoms. The van der Waals surface area contributed by atoms with Crippen LogP contribution in [0.5, 0.6) is 0 Å². The van der Waals surface area contributed by atoms with E-state index in [2.05, 4.69) is 0 Å². The van der Waals surface area contributed by atoms with E-state index in [9.17, 15) is 24.0 Å². The zero-order valence-corrected chi connectivity index (χ0v) is 24.0. The molecule has 8 nitrogen and oxygen atoms in total. The van der Waals surface area contributed by atoms with Crippen LogP contribution in [0, 0.1) is 35.0 Å². The first-order valence-corrected chi connectivity index (χ1v) is 14.4. The first-order valence-electron chi connectivity index (χ1n) is 14.4. The molecule has 2 heterocycles. The molecular weight excluding hydrogens is 520 g/mol. The van der Waals surface area contributed by atoms with Crippen LogP contribution in [0.3, 0.4) is 0 Å². The summed E-state index contributed by atoms with van der Waals surface area (Å²) >= 11 is 0. The van der Waals surface area contributed by atoms with E-state index in [1.807, 2.05) is 38.1 Å². The number of carbonyl (C=O) groups excluding carboxylic acids is 5. The highest BCUT2D eigenvalue weighted by atomic mass is 16.5. The van der Waals surface area contributed by atoms with Gasteiger partial charge < -0.3 is 4.74 Å². The maximum Gasteiger partial charge on any atom is 0.334 e. The molecule has 0 spiro atoms. The lowest BCUT2D eigenvalue weighted by molar-refractivity contribution is -0.155. The van der Waals surface area contributed by atoms with Crippen LogP contribution in [0.1, 0.15) is 45.7 Å². The minimum Gasteiger partial charge on any atom is -0.463 e. The molecule has 4 amide bonds. The van der Waals surface area contributed by atoms with Crippen molar-refractivity contribution in [2.24, 2.45) is 35.0 Å². The highest BCUT2D eigenvalue weighted by Gasteiger charge is 2.77. The van der Waals surface area contributed by atoms with Crippen molar-refractivity contribution >= 4 is 41.0 Å². The van der Waals surface area contributed by atoms with E-state index in [0.717, 1.165) is 11.1 Å². The normalized spacial score (nSPS) is 30.3. The Hall–Kier alpha value is -4.07. The number of para-hydroxylation sites is 2. The molecule has 0 aromatic heterocycles. The molecular formula is C33H34N2O6. The number of anilines is 2. The number of amides is 4. The zero-order valence-electron chi connectivity index (χ0n) is 24.0. The molecule has 2 unspecified atom stereocenters. The molecule has 7 rings (SSSR count). The van der Waals surface area contributed by atoms with Crippen LogP contribution in [0.2, 0.25) is 0 Å². The number of esters is 1. The van der Waals surface area contributed by atoms with Gasteiger partial charge in [-0.1, -0.05) is 62.7 Å². The number of imide groups is 2. The Balaban J connectivity index is 1.56. The van der Waals surface area contributed by atoms with E-state index in [4.69, 9.17) is 4.74 Å². The summed E-state index contributed by atoms with van der Waals surface area (Å²) < 4.78 is 5.47. The number of rotatable bonds is 6. The SMILES string of the molecule is CCOC(=O)C1=C(C)C2[C@H]3C(=O)N(c4ccccc4CC)C(=O)[C@H]3C1(C)[C@H]1C(=O)N(c3ccccc3CC)C(=O)[C@@H]21. The van der Waals surface area contributed by atoms with Gasteiger partial charge >= 0.3 is 5.97 Å². The molecule has 6 atom stereocenters. The second-order valence-corrected chi connectivity index (χ2v) is 11.6. The fraction of sp³-hybridized carbons (Fsp3) is 0.424. The van der Waals surface area contributed by atoms with Gasteiger partial charge in [-0.3, -0.25) is 19.2 Å². The standard InChI is InChI=1S/C33H34N2O6/c1-6-18-13-9-11-15-20(18)34-28(36)23-22-17(4)25(32(40)41-8-3)33(5,26(23)30(34)38)27-24(22)29(37)35(31(27)39)21-16-12-10-14-19(21)7-2/h9-16,22-24,26-27H,6-8H2,1-5H3/t22?,23-,24+,26+,27-,33?. The van der Waals surface area contributed by atoms with Crippen molar-refractivity contribution in [1.82, 2.24) is 0 Å². The number of aryl methyl sites for hydroxylation is 2. The van der Waals surface area contributed by atoms with Gasteiger partial charge in [0.05, 0.1) is 41.7 Å². The van der Waals surface area contributed by atoms with Crippen molar-refractivity contribution in [3.05, 3.63) is 70.8 Å². The third-order valence-electron chi connectivity index (χ3n) is 9.91. The Bertz CT molecular complexity index is 1460. The van der Waals surface area contributed by atoms with Gasteiger partial charge in [0.25, 0.3) is 0 Å². The van der Waals surface area contributed by atoms with E-state index in [1.165, 1.54) is 9.80 Å². The molecule has 1 saturated carbocycles. The number of carbonyl (C=O) groups is 5. The van der Waals surface area contributed by atoms with Crippen molar-refractivity contribution in [3.63, 3.8) is 0 Å². The van der Waals surface area contributed by atoms with E-state index >= 15 is 0 Å². The summed E-state index contributed by atoms with van der Waals surface area (Å²) in [4.78, 5) is 73.4. The van der Waals surface area contributed by atoms with Gasteiger partial charge in [0.1, 0.15) is 0 Å². The number of hydrogen-bond acceptors (Lipinski definition) is 6. The van der Waals surface area contributed by atoms with Crippen LogP contribution in [0.25, 0.3) is 0 Å². The highest BCUT2D eigenvalue weighted by Crippen LogP contribution is 2.69. The predicted octanol–water partition coefficient (Wildman–Crippen LogP) is 4.25. The van der Waals surface area contributed by atoms with E-state index in [1.54, 1.807) is 45.0 Å². The first kappa shape index (κ1) is 27.1. The zero-order chi connectivity index (χ0) is 29.4. The highest BCUT2D eigenvalue weighted by molar-refractivity contribution is 6.28. The molecule has 212 valence electrons. The molecule has 8 heteroatoms. The Morgan fingerprint density at radius 3 is 1.59 bits per heavy atom. The Morgan fingerprint density at radius 1 is 0.732 bits per heavy atom. The van der Waals surface area contributed by atoms with Gasteiger partial charge in [-0.2, -0.15) is 0 Å². The van der Waals surface area contributed by atoms with E-state index < -0.39 is 52.8 Å². The molecule has 2 aromatic rings. The Kier molecular flexibility index (Phi) is 6.28. The van der Waals surface area contributed by atoms with Crippen LogP contribution >= 0.6 is 0 Å². The number of nitrogens with zero attached hydrogens (tertiary/aromatic N) is 2. The third-order valence-corrected chi connectivity index (χ3v) is 9.91. The van der Waals surface area contributed by atoms with E-state index in [0.29, 0.717) is 29.8 Å². The van der Waals surface area contributed by atoms with Crippen LogP contribution in [0.4, 0.5) is 11.4 Å². The molecule has 2 aliphatic heterocycles. The van der Waals surface area contributed by atoms with Crippen LogP contribution in [0.15, 0.2) is 59.7 Å². The summed E-state index contributed by atoms with van der Waals surface area (Å²) in [5.74, 6) is -6.71. The third kappa shape index (κ3) is 3.36. The van der Waals surface area contributed by atoms with Gasteiger partial charge in [-0.15, -0.1) is 0 Å². The van der Waals surface area contributed by atoms with Crippen molar-refractivity contribution in [3.8, 4) is 0 Å². The Morgan fingerprint density at radius 2 is 1.17 bits per heavy atom. The Labute approximate surface area is 239 Å². The monoisotopic (exact) mass is 554 g/mol. The maximum atomic E-state index is 14.4. The van der Waals surface area contributed by atoms with Gasteiger partial charge in [0, 0.05) is 16.9 Å². The van der Waals surface area contributed by atoms with Gasteiger partial charge in [0.15, 0.2) is 0 Å². The molecule has 3 fully saturated rings. The van der Waals surface area contributed by atoms with Crippen molar-refractivity contribution in [2.45, 2.75) is 47.5 Å². The summed E-state index contributed by atoms with van der Waals surface area (Å²) in [5, 5.41) is 0. The fourth-order valence-electron chi connectivity index (χ4n) is 8.34. The lowest BCUT2D eigenvalue weighted by Gasteiger charge is -2.55. The lowest BCUT2D eigenvalue weighted by Crippen LogP contribution is -2.61. The largest absolute Gasteiger partial charge is 0.463 e. The molecule has 0 N–H and O–H groups in total. The number of ether oxygens (including phenoxy) is 1.